The fourth-order valence-corrected chi connectivity index (χ4v) is 5.81. The monoisotopic (exact) mass is 463 g/mol. The Morgan fingerprint density at radius 1 is 0.611 bits per heavy atom. The third-order valence-corrected chi connectivity index (χ3v) is 7.48. The molecule has 0 saturated carbocycles. The van der Waals surface area contributed by atoms with E-state index in [4.69, 9.17) is 0 Å². The smallest absolute Gasteiger partial charge is 0.0716 e. The fraction of sp³-hybridized carbons (Fsp3) is 0.0857. The second-order valence-corrected chi connectivity index (χ2v) is 9.69. The molecule has 1 unspecified atom stereocenters. The van der Waals surface area contributed by atoms with Crippen molar-refractivity contribution in [3.8, 4) is 11.1 Å². The first-order valence-electron chi connectivity index (χ1n) is 12.5. The molecule has 1 atom stereocenters. The highest BCUT2D eigenvalue weighted by atomic mass is 14.9. The lowest BCUT2D eigenvalue weighted by Crippen LogP contribution is -2.29. The second kappa shape index (κ2) is 8.70. The second-order valence-electron chi connectivity index (χ2n) is 9.69. The van der Waals surface area contributed by atoms with Crippen molar-refractivity contribution < 1.29 is 0 Å². The Labute approximate surface area is 213 Å². The molecule has 0 aromatic heterocycles. The number of rotatable bonds is 5. The molecule has 0 fully saturated rings. The van der Waals surface area contributed by atoms with E-state index in [-0.39, 0.29) is 0 Å². The van der Waals surface area contributed by atoms with E-state index in [1.807, 2.05) is 12.1 Å². The average Bonchev–Trinajstić information content (AvgIpc) is 3.21. The highest BCUT2D eigenvalue weighted by Gasteiger charge is 2.46. The first-order chi connectivity index (χ1) is 17.6. The van der Waals surface area contributed by atoms with Gasteiger partial charge in [0.25, 0.3) is 0 Å². The molecule has 1 nitrogen and oxygen atoms in total. The van der Waals surface area contributed by atoms with E-state index in [1.54, 1.807) is 0 Å². The summed E-state index contributed by atoms with van der Waals surface area (Å²) in [4.78, 5) is 0. The standard InChI is InChI=1S/C35H29N/c1-4-26-16-18-27(19-17-26)35(33-22-24(2)14-15-25(33)3)32-13-9-8-12-30(32)31-21-20-29(23-34(31)35)36-28-10-6-5-7-11-28/h4-23,36H,1H2,2-3H3. The van der Waals surface area contributed by atoms with Gasteiger partial charge in [-0.25, -0.2) is 0 Å². The van der Waals surface area contributed by atoms with Crippen LogP contribution in [0.15, 0.2) is 122 Å². The SMILES string of the molecule is C=Cc1ccc(C2(c3cc(C)ccc3C)c3ccccc3-c3ccc(Nc4ccccc4)cc32)cc1. The maximum atomic E-state index is 3.97. The number of nitrogens with one attached hydrogen (secondary N) is 1. The molecule has 1 aliphatic rings. The summed E-state index contributed by atoms with van der Waals surface area (Å²) in [6.45, 7) is 8.40. The largest absolute Gasteiger partial charge is 0.356 e. The summed E-state index contributed by atoms with van der Waals surface area (Å²) >= 11 is 0. The Bertz CT molecular complexity index is 1580. The molecule has 1 aliphatic carbocycles. The molecule has 0 amide bonds. The van der Waals surface area contributed by atoms with Gasteiger partial charge in [0.2, 0.25) is 0 Å². The van der Waals surface area contributed by atoms with Crippen LogP contribution in [0.3, 0.4) is 0 Å². The molecule has 6 rings (SSSR count). The summed E-state index contributed by atoms with van der Waals surface area (Å²) in [5, 5.41) is 3.63. The van der Waals surface area contributed by atoms with Crippen molar-refractivity contribution >= 4 is 17.5 Å². The number of hydrogen-bond acceptors (Lipinski definition) is 1. The summed E-state index contributed by atoms with van der Waals surface area (Å²) in [5.74, 6) is 0. The van der Waals surface area contributed by atoms with Gasteiger partial charge in [-0.1, -0.05) is 109 Å². The number of fused-ring (bicyclic) bond motifs is 3. The number of anilines is 2. The Balaban J connectivity index is 1.69. The minimum absolute atomic E-state index is 0.421. The van der Waals surface area contributed by atoms with Gasteiger partial charge >= 0.3 is 0 Å². The van der Waals surface area contributed by atoms with Crippen molar-refractivity contribution in [2.45, 2.75) is 19.3 Å². The lowest BCUT2D eigenvalue weighted by atomic mass is 9.66. The van der Waals surface area contributed by atoms with Gasteiger partial charge in [-0.3, -0.25) is 0 Å². The van der Waals surface area contributed by atoms with E-state index < -0.39 is 5.41 Å². The van der Waals surface area contributed by atoms with Crippen LogP contribution < -0.4 is 5.32 Å². The zero-order valence-corrected chi connectivity index (χ0v) is 20.8. The molecule has 1 N–H and O–H groups in total. The fourth-order valence-electron chi connectivity index (χ4n) is 5.81. The Kier molecular flexibility index (Phi) is 5.34. The van der Waals surface area contributed by atoms with Gasteiger partial charge in [0.1, 0.15) is 0 Å². The Morgan fingerprint density at radius 2 is 1.33 bits per heavy atom. The van der Waals surface area contributed by atoms with Gasteiger partial charge in [-0.15, -0.1) is 0 Å². The van der Waals surface area contributed by atoms with E-state index in [2.05, 4.69) is 135 Å². The predicted molar refractivity (Wildman–Crippen MR) is 153 cm³/mol. The molecule has 0 spiro atoms. The van der Waals surface area contributed by atoms with Crippen LogP contribution in [0.5, 0.6) is 0 Å². The summed E-state index contributed by atoms with van der Waals surface area (Å²) in [7, 11) is 0. The summed E-state index contributed by atoms with van der Waals surface area (Å²) < 4.78 is 0. The van der Waals surface area contributed by atoms with E-state index in [0.29, 0.717) is 0 Å². The van der Waals surface area contributed by atoms with Crippen molar-refractivity contribution in [2.75, 3.05) is 5.32 Å². The Morgan fingerprint density at radius 3 is 2.11 bits per heavy atom. The van der Waals surface area contributed by atoms with Gasteiger partial charge in [0.05, 0.1) is 5.41 Å². The van der Waals surface area contributed by atoms with Crippen LogP contribution in [-0.2, 0) is 5.41 Å². The first-order valence-corrected chi connectivity index (χ1v) is 12.5. The Hall–Kier alpha value is -4.36. The van der Waals surface area contributed by atoms with Crippen LogP contribution in [0, 0.1) is 13.8 Å². The van der Waals surface area contributed by atoms with Gasteiger partial charge in [-0.2, -0.15) is 0 Å². The molecule has 0 bridgehead atoms. The van der Waals surface area contributed by atoms with Crippen LogP contribution in [-0.4, -0.2) is 0 Å². The van der Waals surface area contributed by atoms with E-state index >= 15 is 0 Å². The summed E-state index contributed by atoms with van der Waals surface area (Å²) in [6, 6.07) is 41.9. The average molecular weight is 464 g/mol. The van der Waals surface area contributed by atoms with Crippen LogP contribution in [0.4, 0.5) is 11.4 Å². The minimum Gasteiger partial charge on any atom is -0.356 e. The van der Waals surface area contributed by atoms with Crippen molar-refractivity contribution in [2.24, 2.45) is 0 Å². The molecule has 174 valence electrons. The van der Waals surface area contributed by atoms with Crippen molar-refractivity contribution in [1.29, 1.82) is 0 Å². The van der Waals surface area contributed by atoms with Crippen LogP contribution in [0.2, 0.25) is 0 Å². The van der Waals surface area contributed by atoms with Crippen LogP contribution >= 0.6 is 0 Å². The summed E-state index contributed by atoms with van der Waals surface area (Å²) in [6.07, 6.45) is 1.91. The maximum Gasteiger partial charge on any atom is 0.0716 e. The zero-order chi connectivity index (χ0) is 24.7. The van der Waals surface area contributed by atoms with Crippen molar-refractivity contribution in [3.05, 3.63) is 161 Å². The number of aryl methyl sites for hydroxylation is 2. The normalized spacial score (nSPS) is 15.7. The first kappa shape index (κ1) is 22.1. The number of para-hydroxylation sites is 1. The number of benzene rings is 5. The molecule has 5 aromatic carbocycles. The van der Waals surface area contributed by atoms with Crippen LogP contribution in [0.1, 0.15) is 38.9 Å². The zero-order valence-electron chi connectivity index (χ0n) is 20.8. The molecule has 0 radical (unpaired) electrons. The minimum atomic E-state index is -0.421. The van der Waals surface area contributed by atoms with Gasteiger partial charge in [0, 0.05) is 11.4 Å². The van der Waals surface area contributed by atoms with Crippen molar-refractivity contribution in [1.82, 2.24) is 0 Å². The molecule has 36 heavy (non-hydrogen) atoms. The maximum absolute atomic E-state index is 3.97. The van der Waals surface area contributed by atoms with E-state index in [1.165, 1.54) is 44.5 Å². The van der Waals surface area contributed by atoms with Crippen LogP contribution in [0.25, 0.3) is 17.2 Å². The van der Waals surface area contributed by atoms with Gasteiger partial charge < -0.3 is 5.32 Å². The topological polar surface area (TPSA) is 12.0 Å². The lowest BCUT2D eigenvalue weighted by molar-refractivity contribution is 0.760. The van der Waals surface area contributed by atoms with E-state index in [0.717, 1.165) is 16.9 Å². The van der Waals surface area contributed by atoms with E-state index in [9.17, 15) is 0 Å². The third-order valence-electron chi connectivity index (χ3n) is 7.48. The molecule has 1 heteroatoms. The molecule has 5 aromatic rings. The van der Waals surface area contributed by atoms with Gasteiger partial charge in [0.15, 0.2) is 0 Å². The highest BCUT2D eigenvalue weighted by Crippen LogP contribution is 2.57. The molecular weight excluding hydrogens is 434 g/mol. The van der Waals surface area contributed by atoms with Gasteiger partial charge in [-0.05, 0) is 82.6 Å². The summed E-state index contributed by atoms with van der Waals surface area (Å²) in [5.41, 5.74) is 13.3. The lowest BCUT2D eigenvalue weighted by Gasteiger charge is -2.35. The van der Waals surface area contributed by atoms with Crippen molar-refractivity contribution in [3.63, 3.8) is 0 Å². The molecule has 0 heterocycles. The molecule has 0 saturated heterocycles. The number of hydrogen-bond donors (Lipinski definition) is 1. The predicted octanol–water partition coefficient (Wildman–Crippen LogP) is 9.05. The molecule has 0 aliphatic heterocycles. The highest BCUT2D eigenvalue weighted by molar-refractivity contribution is 5.88. The quantitative estimate of drug-likeness (QED) is 0.269. The third kappa shape index (κ3) is 3.39. The molecular formula is C35H29N.